The van der Waals surface area contributed by atoms with Crippen molar-refractivity contribution < 1.29 is 19.8 Å². The van der Waals surface area contributed by atoms with E-state index in [1.807, 2.05) is 0 Å². The van der Waals surface area contributed by atoms with Gasteiger partial charge < -0.3 is 10.2 Å². The number of aliphatic carboxylic acids is 2. The second-order valence-corrected chi connectivity index (χ2v) is 2.81. The average molecular weight is 170 g/mol. The van der Waals surface area contributed by atoms with E-state index in [9.17, 15) is 9.59 Å². The molecule has 0 aromatic carbocycles. The van der Waals surface area contributed by atoms with Crippen LogP contribution in [0.2, 0.25) is 0 Å². The lowest BCUT2D eigenvalue weighted by molar-refractivity contribution is -0.136. The topological polar surface area (TPSA) is 74.6 Å². The Labute approximate surface area is 69.5 Å². The first-order valence-electron chi connectivity index (χ1n) is 3.77. The van der Waals surface area contributed by atoms with Crippen molar-refractivity contribution in [3.8, 4) is 0 Å². The quantitative estimate of drug-likeness (QED) is 0.663. The van der Waals surface area contributed by atoms with E-state index < -0.39 is 11.9 Å². The van der Waals surface area contributed by atoms with Crippen LogP contribution in [-0.2, 0) is 9.59 Å². The maximum absolute atomic E-state index is 10.5. The smallest absolute Gasteiger partial charge is 0.331 e. The van der Waals surface area contributed by atoms with Crippen LogP contribution >= 0.6 is 0 Å². The van der Waals surface area contributed by atoms with Crippen molar-refractivity contribution >= 4 is 11.9 Å². The van der Waals surface area contributed by atoms with Crippen LogP contribution in [0.4, 0.5) is 0 Å². The molecule has 0 saturated heterocycles. The first-order chi connectivity index (χ1) is 5.61. The van der Waals surface area contributed by atoms with E-state index >= 15 is 0 Å². The Balaban J connectivity index is 2.76. The Morgan fingerprint density at radius 2 is 1.92 bits per heavy atom. The highest BCUT2D eigenvalue weighted by atomic mass is 16.4. The molecule has 0 fully saturated rings. The van der Waals surface area contributed by atoms with Crippen molar-refractivity contribution in [1.82, 2.24) is 0 Å². The average Bonchev–Trinajstić information content (AvgIpc) is 2.33. The second-order valence-electron chi connectivity index (χ2n) is 2.81. The molecular weight excluding hydrogens is 160 g/mol. The third-order valence-electron chi connectivity index (χ3n) is 1.95. The number of hydrogen-bond acceptors (Lipinski definition) is 2. The Kier molecular flexibility index (Phi) is 2.47. The summed E-state index contributed by atoms with van der Waals surface area (Å²) in [5, 5.41) is 17.1. The predicted octanol–water partition coefficient (Wildman–Crippen LogP) is 1.03. The molecule has 0 aliphatic heterocycles. The summed E-state index contributed by atoms with van der Waals surface area (Å²) < 4.78 is 0. The molecule has 0 atom stereocenters. The second kappa shape index (κ2) is 3.38. The minimum atomic E-state index is -0.969. The summed E-state index contributed by atoms with van der Waals surface area (Å²) in [6.45, 7) is 0. The Hall–Kier alpha value is -1.32. The summed E-state index contributed by atoms with van der Waals surface area (Å²) >= 11 is 0. The van der Waals surface area contributed by atoms with Gasteiger partial charge in [-0.3, -0.25) is 4.79 Å². The molecule has 0 aromatic heterocycles. The van der Waals surface area contributed by atoms with Crippen molar-refractivity contribution in [3.63, 3.8) is 0 Å². The molecule has 0 spiro atoms. The van der Waals surface area contributed by atoms with Crippen LogP contribution in [-0.4, -0.2) is 22.2 Å². The van der Waals surface area contributed by atoms with Crippen LogP contribution in [0.15, 0.2) is 11.1 Å². The summed E-state index contributed by atoms with van der Waals surface area (Å²) in [5.41, 5.74) is 0.882. The van der Waals surface area contributed by atoms with Gasteiger partial charge in [-0.05, 0) is 24.8 Å². The fourth-order valence-corrected chi connectivity index (χ4v) is 1.44. The molecule has 1 aliphatic rings. The van der Waals surface area contributed by atoms with Crippen molar-refractivity contribution in [2.45, 2.75) is 25.7 Å². The van der Waals surface area contributed by atoms with Crippen molar-refractivity contribution in [3.05, 3.63) is 11.1 Å². The number of carboxylic acid groups (broad SMARTS) is 2. The predicted molar refractivity (Wildman–Crippen MR) is 40.8 cm³/mol. The number of hydrogen-bond donors (Lipinski definition) is 2. The SMILES string of the molecule is O=C(O)CC1=C(C(=O)O)CCC1. The molecule has 0 saturated carbocycles. The van der Waals surface area contributed by atoms with Gasteiger partial charge in [0.05, 0.1) is 6.42 Å². The van der Waals surface area contributed by atoms with E-state index in [2.05, 4.69) is 0 Å². The van der Waals surface area contributed by atoms with Gasteiger partial charge in [-0.15, -0.1) is 0 Å². The van der Waals surface area contributed by atoms with Crippen LogP contribution < -0.4 is 0 Å². The summed E-state index contributed by atoms with van der Waals surface area (Å²) in [4.78, 5) is 20.8. The van der Waals surface area contributed by atoms with Gasteiger partial charge in [-0.1, -0.05) is 0 Å². The monoisotopic (exact) mass is 170 g/mol. The molecular formula is C8H10O4. The lowest BCUT2D eigenvalue weighted by atomic mass is 10.1. The zero-order valence-electron chi connectivity index (χ0n) is 6.54. The van der Waals surface area contributed by atoms with Crippen LogP contribution in [0.25, 0.3) is 0 Å². The van der Waals surface area contributed by atoms with Crippen molar-refractivity contribution in [1.29, 1.82) is 0 Å². The highest BCUT2D eigenvalue weighted by Gasteiger charge is 2.21. The van der Waals surface area contributed by atoms with Gasteiger partial charge in [-0.25, -0.2) is 4.79 Å². The summed E-state index contributed by atoms with van der Waals surface area (Å²) in [7, 11) is 0. The lowest BCUT2D eigenvalue weighted by Gasteiger charge is -1.98. The summed E-state index contributed by atoms with van der Waals surface area (Å²) in [6.07, 6.45) is 1.78. The minimum Gasteiger partial charge on any atom is -0.481 e. The molecule has 2 N–H and O–H groups in total. The molecule has 12 heavy (non-hydrogen) atoms. The zero-order chi connectivity index (χ0) is 9.14. The maximum atomic E-state index is 10.5. The van der Waals surface area contributed by atoms with Gasteiger partial charge in [0, 0.05) is 5.57 Å². The fraction of sp³-hybridized carbons (Fsp3) is 0.500. The summed E-state index contributed by atoms with van der Waals surface area (Å²) in [6, 6.07) is 0. The largest absolute Gasteiger partial charge is 0.481 e. The molecule has 1 aliphatic carbocycles. The fourth-order valence-electron chi connectivity index (χ4n) is 1.44. The molecule has 4 heteroatoms. The standard InChI is InChI=1S/C8H10O4/c9-7(10)4-5-2-1-3-6(5)8(11)12/h1-4H2,(H,9,10)(H,11,12). The number of rotatable bonds is 3. The highest BCUT2D eigenvalue weighted by molar-refractivity contribution is 5.89. The molecule has 66 valence electrons. The molecule has 0 radical (unpaired) electrons. The number of carbonyl (C=O) groups is 2. The van der Waals surface area contributed by atoms with E-state index in [4.69, 9.17) is 10.2 Å². The van der Waals surface area contributed by atoms with Gasteiger partial charge in [0.15, 0.2) is 0 Å². The van der Waals surface area contributed by atoms with E-state index in [0.717, 1.165) is 6.42 Å². The molecule has 4 nitrogen and oxygen atoms in total. The molecule has 0 bridgehead atoms. The Morgan fingerprint density at radius 1 is 1.25 bits per heavy atom. The minimum absolute atomic E-state index is 0.123. The van der Waals surface area contributed by atoms with Crippen molar-refractivity contribution in [2.75, 3.05) is 0 Å². The molecule has 0 heterocycles. The van der Waals surface area contributed by atoms with Gasteiger partial charge in [0.1, 0.15) is 0 Å². The first-order valence-corrected chi connectivity index (χ1v) is 3.77. The Bertz CT molecular complexity index is 252. The zero-order valence-corrected chi connectivity index (χ0v) is 6.54. The van der Waals surface area contributed by atoms with Crippen molar-refractivity contribution in [2.24, 2.45) is 0 Å². The molecule has 0 unspecified atom stereocenters. The molecule has 0 aromatic rings. The maximum Gasteiger partial charge on any atom is 0.331 e. The van der Waals surface area contributed by atoms with Gasteiger partial charge in [0.25, 0.3) is 0 Å². The molecule has 0 amide bonds. The van der Waals surface area contributed by atoms with E-state index in [1.165, 1.54) is 0 Å². The van der Waals surface area contributed by atoms with Gasteiger partial charge in [-0.2, -0.15) is 0 Å². The third kappa shape index (κ3) is 1.84. The van der Waals surface area contributed by atoms with Crippen LogP contribution in [0.5, 0.6) is 0 Å². The molecule has 1 rings (SSSR count). The van der Waals surface area contributed by atoms with E-state index in [0.29, 0.717) is 24.0 Å². The Morgan fingerprint density at radius 3 is 2.42 bits per heavy atom. The summed E-state index contributed by atoms with van der Waals surface area (Å²) in [5.74, 6) is -1.92. The van der Waals surface area contributed by atoms with Crippen LogP contribution in [0, 0.1) is 0 Å². The number of carboxylic acids is 2. The third-order valence-corrected chi connectivity index (χ3v) is 1.95. The normalized spacial score (nSPS) is 16.7. The van der Waals surface area contributed by atoms with E-state index in [-0.39, 0.29) is 6.42 Å². The van der Waals surface area contributed by atoms with E-state index in [1.54, 1.807) is 0 Å². The van der Waals surface area contributed by atoms with Gasteiger partial charge >= 0.3 is 11.9 Å². The van der Waals surface area contributed by atoms with Crippen LogP contribution in [0.1, 0.15) is 25.7 Å². The van der Waals surface area contributed by atoms with Gasteiger partial charge in [0.2, 0.25) is 0 Å². The highest BCUT2D eigenvalue weighted by Crippen LogP contribution is 2.28. The lowest BCUT2D eigenvalue weighted by Crippen LogP contribution is -2.03. The van der Waals surface area contributed by atoms with Crippen LogP contribution in [0.3, 0.4) is 0 Å². The first kappa shape index (κ1) is 8.77.